The number of rotatable bonds is 1. The van der Waals surface area contributed by atoms with Crippen LogP contribution in [-0.2, 0) is 0 Å². The smallest absolute Gasteiger partial charge is 0.0972 e. The molecule has 0 amide bonds. The van der Waals surface area contributed by atoms with E-state index in [9.17, 15) is 0 Å². The van der Waals surface area contributed by atoms with Crippen molar-refractivity contribution < 1.29 is 0 Å². The molecule has 0 saturated heterocycles. The summed E-state index contributed by atoms with van der Waals surface area (Å²) in [6, 6.07) is 2.19. The number of hydrogen-bond acceptors (Lipinski definition) is 2. The Morgan fingerprint density at radius 1 is 1.58 bits per heavy atom. The number of nitrogens with zero attached hydrogens (tertiary/aromatic N) is 1. The fourth-order valence-corrected chi connectivity index (χ4v) is 1.16. The molecule has 1 aliphatic rings. The Kier molecular flexibility index (Phi) is 2.71. The molecule has 12 heavy (non-hydrogen) atoms. The molecule has 0 heterocycles. The second-order valence-corrected chi connectivity index (χ2v) is 2.75. The van der Waals surface area contributed by atoms with Gasteiger partial charge in [0.1, 0.15) is 0 Å². The van der Waals surface area contributed by atoms with Crippen molar-refractivity contribution in [1.82, 2.24) is 5.32 Å². The number of likely N-dealkylation sites (N-methyl/N-ethyl adjacent to an activating group) is 1. The number of allylic oxidation sites excluding steroid dienone is 5. The predicted octanol–water partition coefficient (Wildman–Crippen LogP) is 1.89. The first-order chi connectivity index (χ1) is 5.77. The summed E-state index contributed by atoms with van der Waals surface area (Å²) in [6.07, 6.45) is 6.75. The van der Waals surface area contributed by atoms with Crippen LogP contribution < -0.4 is 5.32 Å². The third-order valence-corrected chi connectivity index (χ3v) is 1.80. The first-order valence-corrected chi connectivity index (χ1v) is 3.93. The summed E-state index contributed by atoms with van der Waals surface area (Å²) in [7, 11) is 1.84. The molecule has 0 aromatic carbocycles. The average Bonchev–Trinajstić information content (AvgIpc) is 2.26. The van der Waals surface area contributed by atoms with Crippen LogP contribution in [0.3, 0.4) is 0 Å². The van der Waals surface area contributed by atoms with Crippen LogP contribution in [0.5, 0.6) is 0 Å². The SMILES string of the molecule is CNC1=C(C#N)CC=CC(C)=C1. The van der Waals surface area contributed by atoms with Gasteiger partial charge >= 0.3 is 0 Å². The van der Waals surface area contributed by atoms with Crippen molar-refractivity contribution in [3.05, 3.63) is 35.1 Å². The maximum Gasteiger partial charge on any atom is 0.0972 e. The second kappa shape index (κ2) is 3.77. The Bertz CT molecular complexity index is 300. The van der Waals surface area contributed by atoms with Gasteiger partial charge in [0.25, 0.3) is 0 Å². The van der Waals surface area contributed by atoms with Crippen LogP contribution in [0, 0.1) is 11.3 Å². The molecule has 62 valence electrons. The zero-order valence-corrected chi connectivity index (χ0v) is 7.39. The van der Waals surface area contributed by atoms with Gasteiger partial charge in [-0.3, -0.25) is 0 Å². The molecule has 0 spiro atoms. The lowest BCUT2D eigenvalue weighted by atomic mass is 10.1. The zero-order valence-electron chi connectivity index (χ0n) is 7.39. The minimum atomic E-state index is 0.723. The fraction of sp³-hybridized carbons (Fsp3) is 0.300. The largest absolute Gasteiger partial charge is 0.387 e. The number of nitrogens with one attached hydrogen (secondary N) is 1. The maximum atomic E-state index is 8.79. The van der Waals surface area contributed by atoms with Gasteiger partial charge in [0, 0.05) is 19.2 Å². The quantitative estimate of drug-likeness (QED) is 0.635. The van der Waals surface area contributed by atoms with Crippen molar-refractivity contribution in [2.24, 2.45) is 0 Å². The molecule has 0 aromatic rings. The van der Waals surface area contributed by atoms with E-state index in [0.717, 1.165) is 17.7 Å². The molecule has 1 N–H and O–H groups in total. The fourth-order valence-electron chi connectivity index (χ4n) is 1.16. The molecule has 0 unspecified atom stereocenters. The molecule has 0 atom stereocenters. The third kappa shape index (κ3) is 1.76. The van der Waals surface area contributed by atoms with E-state index in [-0.39, 0.29) is 0 Å². The van der Waals surface area contributed by atoms with Gasteiger partial charge in [-0.15, -0.1) is 0 Å². The Morgan fingerprint density at radius 2 is 2.33 bits per heavy atom. The van der Waals surface area contributed by atoms with E-state index in [2.05, 4.69) is 11.4 Å². The highest BCUT2D eigenvalue weighted by Crippen LogP contribution is 2.14. The summed E-state index contributed by atoms with van der Waals surface area (Å²) in [4.78, 5) is 0. The first kappa shape index (κ1) is 8.61. The van der Waals surface area contributed by atoms with Gasteiger partial charge in [-0.05, 0) is 18.6 Å². The monoisotopic (exact) mass is 160 g/mol. The van der Waals surface area contributed by atoms with Crippen molar-refractivity contribution in [2.45, 2.75) is 13.3 Å². The molecule has 1 rings (SSSR count). The summed E-state index contributed by atoms with van der Waals surface area (Å²) in [5.74, 6) is 0. The summed E-state index contributed by atoms with van der Waals surface area (Å²) < 4.78 is 0. The molecule has 2 nitrogen and oxygen atoms in total. The summed E-state index contributed by atoms with van der Waals surface area (Å²) in [6.45, 7) is 2.02. The standard InChI is InChI=1S/C10H12N2/c1-8-4-3-5-9(7-11)10(6-8)12-2/h3-4,6,12H,5H2,1-2H3. The van der Waals surface area contributed by atoms with Gasteiger partial charge in [0.15, 0.2) is 0 Å². The number of hydrogen-bond donors (Lipinski definition) is 1. The molecule has 0 aromatic heterocycles. The van der Waals surface area contributed by atoms with E-state index in [1.807, 2.05) is 32.2 Å². The van der Waals surface area contributed by atoms with Crippen molar-refractivity contribution in [3.63, 3.8) is 0 Å². The highest BCUT2D eigenvalue weighted by Gasteiger charge is 2.03. The van der Waals surface area contributed by atoms with Crippen LogP contribution >= 0.6 is 0 Å². The molecule has 1 aliphatic carbocycles. The minimum Gasteiger partial charge on any atom is -0.387 e. The molecule has 0 aliphatic heterocycles. The van der Waals surface area contributed by atoms with E-state index in [0.29, 0.717) is 0 Å². The van der Waals surface area contributed by atoms with E-state index < -0.39 is 0 Å². The van der Waals surface area contributed by atoms with Crippen LogP contribution in [0.4, 0.5) is 0 Å². The van der Waals surface area contributed by atoms with Crippen molar-refractivity contribution in [2.75, 3.05) is 7.05 Å². The predicted molar refractivity (Wildman–Crippen MR) is 49.2 cm³/mol. The lowest BCUT2D eigenvalue weighted by Gasteiger charge is -2.02. The van der Waals surface area contributed by atoms with Gasteiger partial charge in [-0.1, -0.05) is 12.2 Å². The third-order valence-electron chi connectivity index (χ3n) is 1.80. The van der Waals surface area contributed by atoms with Gasteiger partial charge in [0.2, 0.25) is 0 Å². The molecule has 2 heteroatoms. The van der Waals surface area contributed by atoms with Crippen LogP contribution in [-0.4, -0.2) is 7.05 Å². The molecule has 0 saturated carbocycles. The maximum absolute atomic E-state index is 8.79. The van der Waals surface area contributed by atoms with Crippen molar-refractivity contribution in [3.8, 4) is 6.07 Å². The minimum absolute atomic E-state index is 0.723. The zero-order chi connectivity index (χ0) is 8.97. The van der Waals surface area contributed by atoms with Gasteiger partial charge in [0.05, 0.1) is 11.6 Å². The van der Waals surface area contributed by atoms with Crippen LogP contribution in [0.2, 0.25) is 0 Å². The topological polar surface area (TPSA) is 35.8 Å². The Balaban J connectivity index is 3.07. The first-order valence-electron chi connectivity index (χ1n) is 3.93. The van der Waals surface area contributed by atoms with Crippen molar-refractivity contribution >= 4 is 0 Å². The Hall–Kier alpha value is -1.49. The van der Waals surface area contributed by atoms with Crippen molar-refractivity contribution in [1.29, 1.82) is 5.26 Å². The van der Waals surface area contributed by atoms with Gasteiger partial charge in [-0.25, -0.2) is 0 Å². The van der Waals surface area contributed by atoms with Gasteiger partial charge < -0.3 is 5.32 Å². The number of nitriles is 1. The Morgan fingerprint density at radius 3 is 2.92 bits per heavy atom. The molecular formula is C10H12N2. The summed E-state index contributed by atoms with van der Waals surface area (Å²) >= 11 is 0. The summed E-state index contributed by atoms with van der Waals surface area (Å²) in [5.41, 5.74) is 2.90. The summed E-state index contributed by atoms with van der Waals surface area (Å²) in [5, 5.41) is 11.8. The van der Waals surface area contributed by atoms with Crippen LogP contribution in [0.1, 0.15) is 13.3 Å². The molecule has 0 fully saturated rings. The lowest BCUT2D eigenvalue weighted by molar-refractivity contribution is 0.999. The van der Waals surface area contributed by atoms with Gasteiger partial charge in [-0.2, -0.15) is 5.26 Å². The molecule has 0 bridgehead atoms. The van der Waals surface area contributed by atoms with E-state index in [4.69, 9.17) is 5.26 Å². The lowest BCUT2D eigenvalue weighted by Crippen LogP contribution is -2.06. The van der Waals surface area contributed by atoms with Crippen LogP contribution in [0.15, 0.2) is 35.1 Å². The molecule has 0 radical (unpaired) electrons. The van der Waals surface area contributed by atoms with E-state index >= 15 is 0 Å². The highest BCUT2D eigenvalue weighted by molar-refractivity contribution is 5.41. The second-order valence-electron chi connectivity index (χ2n) is 2.75. The average molecular weight is 160 g/mol. The highest BCUT2D eigenvalue weighted by atomic mass is 14.8. The normalized spacial score (nSPS) is 16.6. The van der Waals surface area contributed by atoms with E-state index in [1.54, 1.807) is 0 Å². The van der Waals surface area contributed by atoms with E-state index in [1.165, 1.54) is 5.57 Å². The van der Waals surface area contributed by atoms with Crippen LogP contribution in [0.25, 0.3) is 0 Å². The molecular weight excluding hydrogens is 148 g/mol. The Labute approximate surface area is 72.9 Å².